The van der Waals surface area contributed by atoms with Crippen LogP contribution in [0.1, 0.15) is 341 Å². The van der Waals surface area contributed by atoms with E-state index in [1.165, 1.54) is 6.42 Å². The fourth-order valence-corrected chi connectivity index (χ4v) is 17.2. The van der Waals surface area contributed by atoms with Gasteiger partial charge in [-0.15, -0.1) is 0 Å². The van der Waals surface area contributed by atoms with Crippen LogP contribution < -0.4 is 16.0 Å². The first-order valence-electron chi connectivity index (χ1n) is 46.5. The molecule has 3 saturated carbocycles. The minimum Gasteiger partial charge on any atom is -0.396 e. The maximum atomic E-state index is 13.2. The first-order valence-corrected chi connectivity index (χ1v) is 46.5. The Labute approximate surface area is 734 Å². The summed E-state index contributed by atoms with van der Waals surface area (Å²) in [6, 6.07) is 0.000272. The molecule has 0 amide bonds. The Morgan fingerprint density at radius 1 is 0.467 bits per heavy atom. The summed E-state index contributed by atoms with van der Waals surface area (Å²) in [4.78, 5) is 9.01. The highest BCUT2D eigenvalue weighted by Crippen LogP contribution is 2.49. The SMILES string of the molecule is CC(C)(C)NC1CC(COC(C)(C)C)CC1O.CC(C)(C)OCC1C(C(F)(F)F)C(O)CN1C(C)(C)C.CC(C)OCC(O)C1CCCN1C(C)(C)C.CC(C)OCC(O)C1CCN(C(C)(C)C)C1.CC(C)OCC1(C)CN(C(C)(C)C)CC1(C)CO.CC(C)OCC1CC(O)CC1NC(C)(C)C.CC(C)OCCC1(NC(C)(C)C)CCC(O)C1. The number of nitrogens with one attached hydrogen (secondary N) is 3. The molecular weight excluding hydrogens is 1530 g/mol. The molecule has 0 bridgehead atoms. The number of nitrogens with zero attached hydrogens (tertiary/aromatic N) is 4. The summed E-state index contributed by atoms with van der Waals surface area (Å²) >= 11 is 0. The lowest BCUT2D eigenvalue weighted by atomic mass is 9.69. The number of likely N-dealkylation sites (tertiary alicyclic amines) is 4. The highest BCUT2D eigenvalue weighted by molar-refractivity contribution is 5.06. The maximum absolute atomic E-state index is 13.2. The van der Waals surface area contributed by atoms with Crippen LogP contribution in [0.15, 0.2) is 0 Å². The number of rotatable bonds is 26. The molecule has 4 heterocycles. The lowest BCUT2D eigenvalue weighted by molar-refractivity contribution is -0.206. The summed E-state index contributed by atoms with van der Waals surface area (Å²) < 4.78 is 79.1. The molecule has 17 unspecified atom stereocenters. The van der Waals surface area contributed by atoms with Crippen LogP contribution in [0.4, 0.5) is 13.2 Å². The van der Waals surface area contributed by atoms with Gasteiger partial charge in [-0.3, -0.25) is 19.6 Å². The molecule has 3 aliphatic carbocycles. The van der Waals surface area contributed by atoms with Crippen LogP contribution in [-0.4, -0.2) is 300 Å². The van der Waals surface area contributed by atoms with E-state index in [2.05, 4.69) is 231 Å². The summed E-state index contributed by atoms with van der Waals surface area (Å²) in [7, 11) is 0. The number of halogens is 3. The number of aliphatic hydroxyl groups excluding tert-OH is 7. The Hall–Kier alpha value is -1.05. The molecule has 7 fully saturated rings. The van der Waals surface area contributed by atoms with Gasteiger partial charge in [-0.2, -0.15) is 13.2 Å². The molecule has 17 atom stereocenters. The van der Waals surface area contributed by atoms with Crippen molar-refractivity contribution in [3.63, 3.8) is 0 Å². The molecule has 120 heavy (non-hydrogen) atoms. The van der Waals surface area contributed by atoms with E-state index in [-0.39, 0.29) is 148 Å². The number of aliphatic hydroxyl groups is 7. The van der Waals surface area contributed by atoms with Crippen molar-refractivity contribution < 1.29 is 82.1 Å². The van der Waals surface area contributed by atoms with E-state index in [4.69, 9.17) is 33.2 Å². The summed E-state index contributed by atoms with van der Waals surface area (Å²) in [6.07, 6.45) is 4.87. The van der Waals surface area contributed by atoms with E-state index in [9.17, 15) is 48.9 Å². The molecule has 0 aromatic carbocycles. The number of alkyl halides is 3. The highest BCUT2D eigenvalue weighted by Gasteiger charge is 2.58. The zero-order valence-electron chi connectivity index (χ0n) is 84.6. The van der Waals surface area contributed by atoms with E-state index < -0.39 is 35.4 Å². The zero-order chi connectivity index (χ0) is 93.5. The Bertz CT molecular complexity index is 2750. The van der Waals surface area contributed by atoms with Crippen molar-refractivity contribution in [2.24, 2.45) is 34.5 Å². The van der Waals surface area contributed by atoms with Gasteiger partial charge in [0.25, 0.3) is 0 Å². The van der Waals surface area contributed by atoms with Crippen molar-refractivity contribution in [2.75, 3.05) is 92.1 Å². The summed E-state index contributed by atoms with van der Waals surface area (Å²) in [6.45, 7) is 90.7. The van der Waals surface area contributed by atoms with Crippen molar-refractivity contribution in [1.29, 1.82) is 0 Å². The minimum absolute atomic E-state index is 0.0132. The van der Waals surface area contributed by atoms with Gasteiger partial charge in [0.05, 0.1) is 131 Å². The van der Waals surface area contributed by atoms with Crippen LogP contribution in [0.3, 0.4) is 0 Å². The second-order valence-electron chi connectivity index (χ2n) is 47.6. The van der Waals surface area contributed by atoms with Crippen LogP contribution in [0.5, 0.6) is 0 Å². The van der Waals surface area contributed by atoms with E-state index in [0.717, 1.165) is 117 Å². The number of β-amino-alcohol motifs (C(OH)–C–C–N with tert-alkyl or cyclic N) is 1. The number of hydrogen-bond acceptors (Lipinski definition) is 21. The average molecular weight is 1730 g/mol. The van der Waals surface area contributed by atoms with E-state index >= 15 is 0 Å². The van der Waals surface area contributed by atoms with Gasteiger partial charge in [0, 0.05) is 124 Å². The molecule has 0 spiro atoms. The smallest absolute Gasteiger partial charge is 0.395 e. The Morgan fingerprint density at radius 2 is 0.950 bits per heavy atom. The predicted octanol–water partition coefficient (Wildman–Crippen LogP) is 16.0. The molecule has 7 aliphatic rings. The molecule has 0 aromatic rings. The molecule has 4 aliphatic heterocycles. The lowest BCUT2D eigenvalue weighted by Crippen LogP contribution is -2.53. The maximum Gasteiger partial charge on any atom is 0.395 e. The first-order chi connectivity index (χ1) is 54.0. The molecule has 0 aromatic heterocycles. The third-order valence-corrected chi connectivity index (χ3v) is 23.8. The Kier molecular flexibility index (Phi) is 48.0. The predicted molar refractivity (Wildman–Crippen MR) is 489 cm³/mol. The topological polar surface area (TPSA) is 255 Å². The molecule has 21 nitrogen and oxygen atoms in total. The van der Waals surface area contributed by atoms with Gasteiger partial charge in [0.2, 0.25) is 0 Å². The Morgan fingerprint density at radius 3 is 1.38 bits per heavy atom. The zero-order valence-corrected chi connectivity index (χ0v) is 84.6. The third-order valence-electron chi connectivity index (χ3n) is 23.8. The van der Waals surface area contributed by atoms with Crippen LogP contribution in [0.25, 0.3) is 0 Å². The summed E-state index contributed by atoms with van der Waals surface area (Å²) in [5, 5.41) is 80.2. The molecule has 0 radical (unpaired) electrons. The highest BCUT2D eigenvalue weighted by atomic mass is 19.4. The average Bonchev–Trinajstić information content (AvgIpc) is 1.60. The molecular formula is C96H196F3N7O14. The van der Waals surface area contributed by atoms with Gasteiger partial charge in [0.1, 0.15) is 0 Å². The van der Waals surface area contributed by atoms with Gasteiger partial charge in [-0.1, -0.05) is 13.8 Å². The second-order valence-corrected chi connectivity index (χ2v) is 47.6. The quantitative estimate of drug-likeness (QED) is 0.0386. The molecule has 10 N–H and O–H groups in total. The van der Waals surface area contributed by atoms with Gasteiger partial charge in [0.15, 0.2) is 0 Å². The van der Waals surface area contributed by atoms with Crippen LogP contribution >= 0.6 is 0 Å². The molecule has 7 rings (SSSR count). The van der Waals surface area contributed by atoms with Crippen molar-refractivity contribution in [1.82, 2.24) is 35.6 Å². The van der Waals surface area contributed by atoms with E-state index in [1.54, 1.807) is 4.90 Å². The summed E-state index contributed by atoms with van der Waals surface area (Å²) in [5.41, 5.74) is -0.306. The number of ether oxygens (including phenoxy) is 7. The van der Waals surface area contributed by atoms with Crippen molar-refractivity contribution in [3.8, 4) is 0 Å². The fourth-order valence-electron chi connectivity index (χ4n) is 17.2. The Balaban J connectivity index is 0.000000701. The molecule has 4 saturated heterocycles. The van der Waals surface area contributed by atoms with E-state index in [1.807, 2.05) is 69.2 Å². The number of hydrogen-bond donors (Lipinski definition) is 10. The van der Waals surface area contributed by atoms with Gasteiger partial charge in [-0.25, -0.2) is 0 Å². The van der Waals surface area contributed by atoms with Gasteiger partial charge >= 0.3 is 6.18 Å². The molecule has 720 valence electrons. The van der Waals surface area contributed by atoms with Crippen molar-refractivity contribution in [2.45, 2.75) is 494 Å². The normalized spacial score (nSPS) is 29.8. The minimum atomic E-state index is -4.43. The fraction of sp³-hybridized carbons (Fsp3) is 1.00. The standard InChI is InChI=1S/C15H31NO2.C14H26F3NO2.2C14H29NO2.3C13H27NO2/c1-12(2)18-11-15(7)9-16(13(3,4)5)8-14(15,6)10-17;1-12(2,3)18-7-10(19)11(14(15,16)17)9(18)8-20-13(4,5)6;1-13(2,3)15-11-7-10(8-12(11)16)9-17-14(4,5)6;1-11(2)17-9-8-14(15-13(3,4)5)7-6-12(16)10-14;1-9(2)16-8-10-6-11(15)7-12(10)14-13(3,4)5;1-10(2)16-9-12(15)11-6-7-14(8-11)13(3,4)5;1-10(2)16-9-12(15)11-7-6-8-14(11)13(3,4)5/h12,17H,8-11H2,1-7H3;9-11,19H,7-8H2,1-6H3;10-12,15-16H,7-9H2,1-6H3;11-12,15-16H,6-10H2,1-5H3;9-12,14-15H,6-8H2,1-5H3;2*10-12,15H,6-9H2,1-5H3. The van der Waals surface area contributed by atoms with Crippen LogP contribution in [0.2, 0.25) is 0 Å². The van der Waals surface area contributed by atoms with E-state index in [0.29, 0.717) is 43.6 Å². The van der Waals surface area contributed by atoms with Gasteiger partial charge in [-0.05, 0) is 346 Å². The lowest BCUT2D eigenvalue weighted by Gasteiger charge is -2.39. The summed E-state index contributed by atoms with van der Waals surface area (Å²) in [5.74, 6) is -0.470. The van der Waals surface area contributed by atoms with Crippen LogP contribution in [-0.2, 0) is 33.2 Å². The second kappa shape index (κ2) is 49.3. The monoisotopic (exact) mass is 1730 g/mol. The third kappa shape index (κ3) is 46.0. The van der Waals surface area contributed by atoms with Gasteiger partial charge < -0.3 is 84.9 Å². The van der Waals surface area contributed by atoms with Crippen molar-refractivity contribution in [3.05, 3.63) is 0 Å². The van der Waals surface area contributed by atoms with Crippen molar-refractivity contribution >= 4 is 0 Å². The molecule has 24 heteroatoms. The van der Waals surface area contributed by atoms with Crippen LogP contribution in [0, 0.1) is 34.5 Å². The first kappa shape index (κ1) is 117. The largest absolute Gasteiger partial charge is 0.396 e.